The fourth-order valence-electron chi connectivity index (χ4n) is 1.39. The quantitative estimate of drug-likeness (QED) is 0.692. The number of halogens is 4. The standard InChI is InChI=1S/C13H8BrClF2O/c14-7-8-4-5-11(10(16)6-8)18-12-3-1-2-9(15)13(12)17/h1-6H,7H2. The maximum atomic E-state index is 13.7. The summed E-state index contributed by atoms with van der Waals surface area (Å²) in [5, 5.41) is 0.473. The minimum atomic E-state index is -0.705. The van der Waals surface area contributed by atoms with Gasteiger partial charge in [0, 0.05) is 5.33 Å². The van der Waals surface area contributed by atoms with Crippen LogP contribution in [-0.4, -0.2) is 0 Å². The van der Waals surface area contributed by atoms with Crippen LogP contribution in [0.3, 0.4) is 0 Å². The molecule has 18 heavy (non-hydrogen) atoms. The highest BCUT2D eigenvalue weighted by atomic mass is 79.9. The van der Waals surface area contributed by atoms with E-state index in [9.17, 15) is 8.78 Å². The van der Waals surface area contributed by atoms with Gasteiger partial charge in [-0.05, 0) is 29.8 Å². The smallest absolute Gasteiger partial charge is 0.184 e. The Morgan fingerprint density at radius 1 is 1.11 bits per heavy atom. The summed E-state index contributed by atoms with van der Waals surface area (Å²) in [6.07, 6.45) is 0. The molecule has 0 aliphatic carbocycles. The van der Waals surface area contributed by atoms with Crippen LogP contribution in [0.1, 0.15) is 5.56 Å². The molecule has 0 spiro atoms. The summed E-state index contributed by atoms with van der Waals surface area (Å²) < 4.78 is 32.4. The van der Waals surface area contributed by atoms with Gasteiger partial charge in [-0.15, -0.1) is 0 Å². The molecule has 0 N–H and O–H groups in total. The van der Waals surface area contributed by atoms with Crippen molar-refractivity contribution in [1.29, 1.82) is 0 Å². The summed E-state index contributed by atoms with van der Waals surface area (Å²) in [7, 11) is 0. The van der Waals surface area contributed by atoms with E-state index in [1.807, 2.05) is 0 Å². The molecule has 0 atom stereocenters. The molecule has 0 saturated heterocycles. The Bertz CT molecular complexity index is 575. The molecule has 2 aromatic rings. The summed E-state index contributed by atoms with van der Waals surface area (Å²) in [6.45, 7) is 0. The molecular weight excluding hydrogens is 325 g/mol. The monoisotopic (exact) mass is 332 g/mol. The zero-order chi connectivity index (χ0) is 13.1. The first-order valence-electron chi connectivity index (χ1n) is 5.08. The third kappa shape index (κ3) is 2.82. The number of ether oxygens (including phenoxy) is 1. The summed E-state index contributed by atoms with van der Waals surface area (Å²) >= 11 is 8.83. The van der Waals surface area contributed by atoms with Crippen molar-refractivity contribution in [3.8, 4) is 11.5 Å². The number of alkyl halides is 1. The van der Waals surface area contributed by atoms with E-state index in [1.165, 1.54) is 30.3 Å². The topological polar surface area (TPSA) is 9.23 Å². The molecule has 0 fully saturated rings. The van der Waals surface area contributed by atoms with E-state index in [0.29, 0.717) is 5.33 Å². The van der Waals surface area contributed by atoms with Crippen molar-refractivity contribution in [3.05, 3.63) is 58.6 Å². The van der Waals surface area contributed by atoms with Crippen LogP contribution in [0, 0.1) is 11.6 Å². The number of hydrogen-bond donors (Lipinski definition) is 0. The van der Waals surface area contributed by atoms with Crippen LogP contribution in [0.5, 0.6) is 11.5 Å². The van der Waals surface area contributed by atoms with Crippen LogP contribution in [0.15, 0.2) is 36.4 Å². The maximum Gasteiger partial charge on any atom is 0.184 e. The van der Waals surface area contributed by atoms with Crippen LogP contribution in [0.25, 0.3) is 0 Å². The highest BCUT2D eigenvalue weighted by Crippen LogP contribution is 2.30. The Morgan fingerprint density at radius 3 is 2.56 bits per heavy atom. The molecule has 0 unspecified atom stereocenters. The first kappa shape index (κ1) is 13.3. The Kier molecular flexibility index (Phi) is 4.19. The lowest BCUT2D eigenvalue weighted by Crippen LogP contribution is -1.92. The molecule has 2 rings (SSSR count). The largest absolute Gasteiger partial charge is 0.451 e. The van der Waals surface area contributed by atoms with Crippen LogP contribution in [-0.2, 0) is 5.33 Å². The van der Waals surface area contributed by atoms with Gasteiger partial charge in [-0.2, -0.15) is 0 Å². The van der Waals surface area contributed by atoms with E-state index in [-0.39, 0.29) is 16.5 Å². The normalized spacial score (nSPS) is 10.4. The van der Waals surface area contributed by atoms with Crippen molar-refractivity contribution >= 4 is 27.5 Å². The van der Waals surface area contributed by atoms with Crippen LogP contribution in [0.2, 0.25) is 5.02 Å². The van der Waals surface area contributed by atoms with Crippen molar-refractivity contribution in [1.82, 2.24) is 0 Å². The highest BCUT2D eigenvalue weighted by molar-refractivity contribution is 9.08. The van der Waals surface area contributed by atoms with E-state index in [0.717, 1.165) is 5.56 Å². The molecule has 0 aliphatic heterocycles. The van der Waals surface area contributed by atoms with E-state index >= 15 is 0 Å². The molecule has 0 saturated carbocycles. The lowest BCUT2D eigenvalue weighted by Gasteiger charge is -2.09. The fraction of sp³-hybridized carbons (Fsp3) is 0.0769. The van der Waals surface area contributed by atoms with Crippen molar-refractivity contribution in [2.45, 2.75) is 5.33 Å². The van der Waals surface area contributed by atoms with Crippen LogP contribution in [0.4, 0.5) is 8.78 Å². The van der Waals surface area contributed by atoms with E-state index in [1.54, 1.807) is 6.07 Å². The van der Waals surface area contributed by atoms with Crippen molar-refractivity contribution in [3.63, 3.8) is 0 Å². The minimum Gasteiger partial charge on any atom is -0.451 e. The second-order valence-electron chi connectivity index (χ2n) is 3.55. The Hall–Kier alpha value is -1.13. The van der Waals surface area contributed by atoms with Gasteiger partial charge in [0.15, 0.2) is 23.1 Å². The molecule has 0 amide bonds. The van der Waals surface area contributed by atoms with Crippen LogP contribution >= 0.6 is 27.5 Å². The first-order chi connectivity index (χ1) is 8.61. The number of benzene rings is 2. The molecule has 94 valence electrons. The van der Waals surface area contributed by atoms with Gasteiger partial charge in [0.05, 0.1) is 5.02 Å². The highest BCUT2D eigenvalue weighted by Gasteiger charge is 2.11. The zero-order valence-corrected chi connectivity index (χ0v) is 11.4. The Labute approximate surface area is 116 Å². The van der Waals surface area contributed by atoms with Gasteiger partial charge in [0.2, 0.25) is 0 Å². The molecule has 0 radical (unpaired) electrons. The average Bonchev–Trinajstić information content (AvgIpc) is 2.37. The van der Waals surface area contributed by atoms with Gasteiger partial charge < -0.3 is 4.74 Å². The lowest BCUT2D eigenvalue weighted by molar-refractivity contribution is 0.414. The van der Waals surface area contributed by atoms with Crippen molar-refractivity contribution in [2.24, 2.45) is 0 Å². The third-order valence-electron chi connectivity index (χ3n) is 2.29. The SMILES string of the molecule is Fc1cc(CBr)ccc1Oc1cccc(Cl)c1F. The molecule has 0 aromatic heterocycles. The van der Waals surface area contributed by atoms with Gasteiger partial charge in [0.25, 0.3) is 0 Å². The second-order valence-corrected chi connectivity index (χ2v) is 4.52. The second kappa shape index (κ2) is 5.67. The minimum absolute atomic E-state index is 0.0409. The molecule has 1 nitrogen and oxygen atoms in total. The average molecular weight is 334 g/mol. The van der Waals surface area contributed by atoms with Gasteiger partial charge in [-0.1, -0.05) is 39.7 Å². The zero-order valence-electron chi connectivity index (χ0n) is 9.09. The van der Waals surface area contributed by atoms with E-state index in [4.69, 9.17) is 16.3 Å². The van der Waals surface area contributed by atoms with Gasteiger partial charge in [-0.25, -0.2) is 8.78 Å². The van der Waals surface area contributed by atoms with E-state index in [2.05, 4.69) is 15.9 Å². The van der Waals surface area contributed by atoms with Crippen LogP contribution < -0.4 is 4.74 Å². The van der Waals surface area contributed by atoms with Gasteiger partial charge in [-0.3, -0.25) is 0 Å². The predicted octanol–water partition coefficient (Wildman–Crippen LogP) is 5.31. The maximum absolute atomic E-state index is 13.7. The third-order valence-corrected chi connectivity index (χ3v) is 3.23. The molecule has 0 aliphatic rings. The lowest BCUT2D eigenvalue weighted by atomic mass is 10.2. The van der Waals surface area contributed by atoms with Gasteiger partial charge >= 0.3 is 0 Å². The first-order valence-corrected chi connectivity index (χ1v) is 6.58. The number of hydrogen-bond acceptors (Lipinski definition) is 1. The Morgan fingerprint density at radius 2 is 1.89 bits per heavy atom. The summed E-state index contributed by atoms with van der Waals surface area (Å²) in [4.78, 5) is 0. The summed E-state index contributed by atoms with van der Waals surface area (Å²) in [5.41, 5.74) is 0.770. The van der Waals surface area contributed by atoms with Crippen molar-refractivity contribution < 1.29 is 13.5 Å². The summed E-state index contributed by atoms with van der Waals surface area (Å²) in [5.74, 6) is -1.40. The summed E-state index contributed by atoms with van der Waals surface area (Å²) in [6, 6.07) is 8.78. The fourth-order valence-corrected chi connectivity index (χ4v) is 1.91. The molecule has 2 aromatic carbocycles. The number of rotatable bonds is 3. The van der Waals surface area contributed by atoms with Crippen molar-refractivity contribution in [2.75, 3.05) is 0 Å². The molecule has 5 heteroatoms. The van der Waals surface area contributed by atoms with E-state index < -0.39 is 11.6 Å². The molecule has 0 heterocycles. The predicted molar refractivity (Wildman–Crippen MR) is 70.5 cm³/mol. The molecule has 0 bridgehead atoms. The van der Waals surface area contributed by atoms with Gasteiger partial charge in [0.1, 0.15) is 0 Å². The Balaban J connectivity index is 2.31. The molecular formula is C13H8BrClF2O.